The standard InChI is InChI=1S/C16H29N3O/c1-6-19(7-2)9-8-14(17)10-15-13(4)16(20-5)12(3)11-18-15/h11,14H,6-10,17H2,1-5H3. The van der Waals surface area contributed by atoms with E-state index < -0.39 is 0 Å². The largest absolute Gasteiger partial charge is 0.496 e. The second kappa shape index (κ2) is 8.22. The van der Waals surface area contributed by atoms with Crippen LogP contribution in [-0.2, 0) is 6.42 Å². The van der Waals surface area contributed by atoms with Gasteiger partial charge in [0.25, 0.3) is 0 Å². The van der Waals surface area contributed by atoms with E-state index in [0.29, 0.717) is 0 Å². The molecule has 0 aromatic carbocycles. The van der Waals surface area contributed by atoms with Crippen LogP contribution in [0.5, 0.6) is 5.75 Å². The van der Waals surface area contributed by atoms with Crippen LogP contribution in [0.15, 0.2) is 6.20 Å². The Morgan fingerprint density at radius 1 is 1.30 bits per heavy atom. The fourth-order valence-corrected chi connectivity index (χ4v) is 2.52. The number of nitrogens with two attached hydrogens (primary N) is 1. The minimum atomic E-state index is 0.147. The summed E-state index contributed by atoms with van der Waals surface area (Å²) in [5, 5.41) is 0. The van der Waals surface area contributed by atoms with Gasteiger partial charge in [-0.05, 0) is 39.9 Å². The van der Waals surface area contributed by atoms with Crippen LogP contribution in [0, 0.1) is 13.8 Å². The Kier molecular flexibility index (Phi) is 6.96. The van der Waals surface area contributed by atoms with Gasteiger partial charge in [0.2, 0.25) is 0 Å². The molecule has 4 heteroatoms. The van der Waals surface area contributed by atoms with Gasteiger partial charge in [0.1, 0.15) is 5.75 Å². The molecule has 0 amide bonds. The third-order valence-electron chi connectivity index (χ3n) is 3.92. The van der Waals surface area contributed by atoms with Crippen LogP contribution in [0.25, 0.3) is 0 Å². The number of aromatic nitrogens is 1. The van der Waals surface area contributed by atoms with E-state index in [1.165, 1.54) is 0 Å². The first kappa shape index (κ1) is 16.9. The van der Waals surface area contributed by atoms with Crippen molar-refractivity contribution in [2.24, 2.45) is 5.73 Å². The van der Waals surface area contributed by atoms with Crippen molar-refractivity contribution in [3.05, 3.63) is 23.0 Å². The summed E-state index contributed by atoms with van der Waals surface area (Å²) in [5.74, 6) is 0.936. The van der Waals surface area contributed by atoms with Crippen LogP contribution in [0.3, 0.4) is 0 Å². The zero-order valence-electron chi connectivity index (χ0n) is 13.6. The minimum Gasteiger partial charge on any atom is -0.496 e. The summed E-state index contributed by atoms with van der Waals surface area (Å²) in [7, 11) is 1.71. The van der Waals surface area contributed by atoms with E-state index in [1.807, 2.05) is 13.1 Å². The molecule has 1 aromatic rings. The summed E-state index contributed by atoms with van der Waals surface area (Å²) in [6, 6.07) is 0.147. The van der Waals surface area contributed by atoms with Gasteiger partial charge in [-0.3, -0.25) is 4.98 Å². The van der Waals surface area contributed by atoms with E-state index in [0.717, 1.165) is 55.0 Å². The lowest BCUT2D eigenvalue weighted by Gasteiger charge is -2.21. The number of pyridine rings is 1. The normalized spacial score (nSPS) is 12.8. The molecule has 0 radical (unpaired) electrons. The predicted octanol–water partition coefficient (Wildman–Crippen LogP) is 2.31. The highest BCUT2D eigenvalue weighted by Crippen LogP contribution is 2.24. The number of rotatable bonds is 8. The van der Waals surface area contributed by atoms with Crippen LogP contribution in [0.2, 0.25) is 0 Å². The molecule has 0 spiro atoms. The Labute approximate surface area is 123 Å². The molecule has 1 unspecified atom stereocenters. The maximum absolute atomic E-state index is 6.25. The highest BCUT2D eigenvalue weighted by molar-refractivity contribution is 5.41. The Bertz CT molecular complexity index is 416. The summed E-state index contributed by atoms with van der Waals surface area (Å²) < 4.78 is 5.44. The summed E-state index contributed by atoms with van der Waals surface area (Å²) in [6.07, 6.45) is 3.68. The van der Waals surface area contributed by atoms with Crippen LogP contribution in [-0.4, -0.2) is 42.7 Å². The number of ether oxygens (including phenoxy) is 1. The predicted molar refractivity (Wildman–Crippen MR) is 84.3 cm³/mol. The highest BCUT2D eigenvalue weighted by atomic mass is 16.5. The quantitative estimate of drug-likeness (QED) is 0.793. The average molecular weight is 279 g/mol. The van der Waals surface area contributed by atoms with Gasteiger partial charge in [-0.25, -0.2) is 0 Å². The van der Waals surface area contributed by atoms with Crippen molar-refractivity contribution >= 4 is 0 Å². The van der Waals surface area contributed by atoms with Crippen molar-refractivity contribution in [2.45, 2.75) is 46.6 Å². The van der Waals surface area contributed by atoms with Crippen molar-refractivity contribution in [1.29, 1.82) is 0 Å². The molecule has 0 aliphatic rings. The number of hydrogen-bond donors (Lipinski definition) is 1. The Morgan fingerprint density at radius 3 is 2.50 bits per heavy atom. The van der Waals surface area contributed by atoms with Gasteiger partial charge in [0.05, 0.1) is 7.11 Å². The first-order valence-corrected chi connectivity index (χ1v) is 7.50. The molecule has 0 bridgehead atoms. The molecule has 20 heavy (non-hydrogen) atoms. The van der Waals surface area contributed by atoms with Gasteiger partial charge >= 0.3 is 0 Å². The topological polar surface area (TPSA) is 51.4 Å². The van der Waals surface area contributed by atoms with Crippen LogP contribution >= 0.6 is 0 Å². The molecule has 4 nitrogen and oxygen atoms in total. The maximum Gasteiger partial charge on any atom is 0.128 e. The van der Waals surface area contributed by atoms with E-state index in [4.69, 9.17) is 10.5 Å². The number of aryl methyl sites for hydroxylation is 1. The molecule has 1 atom stereocenters. The molecule has 0 aliphatic heterocycles. The van der Waals surface area contributed by atoms with Gasteiger partial charge in [0, 0.05) is 35.5 Å². The third-order valence-corrected chi connectivity index (χ3v) is 3.92. The molecule has 0 saturated heterocycles. The Balaban J connectivity index is 2.64. The molecule has 1 rings (SSSR count). The SMILES string of the molecule is CCN(CC)CCC(N)Cc1ncc(C)c(OC)c1C. The fraction of sp³-hybridized carbons (Fsp3) is 0.688. The van der Waals surface area contributed by atoms with Gasteiger partial charge in [-0.15, -0.1) is 0 Å². The molecule has 114 valence electrons. The molecular weight excluding hydrogens is 250 g/mol. The van der Waals surface area contributed by atoms with Crippen molar-refractivity contribution in [1.82, 2.24) is 9.88 Å². The van der Waals surface area contributed by atoms with Crippen molar-refractivity contribution in [3.8, 4) is 5.75 Å². The van der Waals surface area contributed by atoms with E-state index in [9.17, 15) is 0 Å². The van der Waals surface area contributed by atoms with E-state index >= 15 is 0 Å². The summed E-state index contributed by atoms with van der Waals surface area (Å²) in [5.41, 5.74) is 9.50. The van der Waals surface area contributed by atoms with Crippen LogP contribution in [0.4, 0.5) is 0 Å². The van der Waals surface area contributed by atoms with Gasteiger partial charge in [-0.2, -0.15) is 0 Å². The molecule has 1 aromatic heterocycles. The first-order chi connectivity index (χ1) is 9.53. The van der Waals surface area contributed by atoms with Crippen molar-refractivity contribution in [3.63, 3.8) is 0 Å². The minimum absolute atomic E-state index is 0.147. The third kappa shape index (κ3) is 4.46. The smallest absolute Gasteiger partial charge is 0.128 e. The Morgan fingerprint density at radius 2 is 1.95 bits per heavy atom. The lowest BCUT2D eigenvalue weighted by molar-refractivity contribution is 0.289. The fourth-order valence-electron chi connectivity index (χ4n) is 2.52. The van der Waals surface area contributed by atoms with Crippen molar-refractivity contribution < 1.29 is 4.74 Å². The van der Waals surface area contributed by atoms with Crippen LogP contribution < -0.4 is 10.5 Å². The summed E-state index contributed by atoms with van der Waals surface area (Å²) in [6.45, 7) is 11.7. The Hall–Kier alpha value is -1.13. The van der Waals surface area contributed by atoms with E-state index in [1.54, 1.807) is 7.11 Å². The van der Waals surface area contributed by atoms with Crippen LogP contribution in [0.1, 0.15) is 37.1 Å². The van der Waals surface area contributed by atoms with Gasteiger partial charge in [0.15, 0.2) is 0 Å². The molecule has 2 N–H and O–H groups in total. The zero-order chi connectivity index (χ0) is 15.1. The number of hydrogen-bond acceptors (Lipinski definition) is 4. The summed E-state index contributed by atoms with van der Waals surface area (Å²) >= 11 is 0. The zero-order valence-corrected chi connectivity index (χ0v) is 13.6. The first-order valence-electron chi connectivity index (χ1n) is 7.50. The number of nitrogens with zero attached hydrogens (tertiary/aromatic N) is 2. The lowest BCUT2D eigenvalue weighted by atomic mass is 10.0. The molecule has 0 fully saturated rings. The molecule has 0 saturated carbocycles. The summed E-state index contributed by atoms with van der Waals surface area (Å²) in [4.78, 5) is 6.92. The number of methoxy groups -OCH3 is 1. The molecule has 1 heterocycles. The maximum atomic E-state index is 6.25. The molecule has 0 aliphatic carbocycles. The van der Waals surface area contributed by atoms with E-state index in [2.05, 4.69) is 30.7 Å². The van der Waals surface area contributed by atoms with Gasteiger partial charge < -0.3 is 15.4 Å². The second-order valence-electron chi connectivity index (χ2n) is 5.33. The average Bonchev–Trinajstić information content (AvgIpc) is 2.44. The van der Waals surface area contributed by atoms with E-state index in [-0.39, 0.29) is 6.04 Å². The monoisotopic (exact) mass is 279 g/mol. The highest BCUT2D eigenvalue weighted by Gasteiger charge is 2.13. The van der Waals surface area contributed by atoms with Gasteiger partial charge in [-0.1, -0.05) is 13.8 Å². The second-order valence-corrected chi connectivity index (χ2v) is 5.33. The lowest BCUT2D eigenvalue weighted by Crippen LogP contribution is -2.32. The van der Waals surface area contributed by atoms with Crippen molar-refractivity contribution in [2.75, 3.05) is 26.7 Å². The molecular formula is C16H29N3O.